The van der Waals surface area contributed by atoms with Crippen LogP contribution in [0, 0.1) is 11.8 Å². The summed E-state index contributed by atoms with van der Waals surface area (Å²) in [5.74, 6) is 6.67. The lowest BCUT2D eigenvalue weighted by atomic mass is 10.1. The van der Waals surface area contributed by atoms with E-state index < -0.39 is 5.60 Å². The number of thiazole rings is 1. The van der Waals surface area contributed by atoms with Crippen molar-refractivity contribution in [3.05, 3.63) is 58.9 Å². The molecule has 0 saturated carbocycles. The van der Waals surface area contributed by atoms with Gasteiger partial charge in [-0.25, -0.2) is 24.9 Å². The van der Waals surface area contributed by atoms with E-state index in [9.17, 15) is 5.11 Å². The van der Waals surface area contributed by atoms with Crippen molar-refractivity contribution in [2.45, 2.75) is 12.5 Å². The number of aromatic nitrogens is 5. The summed E-state index contributed by atoms with van der Waals surface area (Å²) < 4.78 is 0. The molecule has 1 atom stereocenters. The van der Waals surface area contributed by atoms with Gasteiger partial charge in [-0.3, -0.25) is 0 Å². The monoisotopic (exact) mass is 374 g/mol. The third-order valence-electron chi connectivity index (χ3n) is 3.83. The third kappa shape index (κ3) is 3.46. The summed E-state index contributed by atoms with van der Waals surface area (Å²) in [6, 6.07) is 7.44. The topological polar surface area (TPSA) is 111 Å². The maximum atomic E-state index is 10.5. The Balaban J connectivity index is 1.70. The number of nitrogen functional groups attached to an aromatic ring is 1. The molecule has 3 aromatic heterocycles. The van der Waals surface area contributed by atoms with Crippen molar-refractivity contribution in [3.8, 4) is 23.2 Å². The van der Waals surface area contributed by atoms with E-state index in [2.05, 4.69) is 36.8 Å². The summed E-state index contributed by atoms with van der Waals surface area (Å²) >= 11 is 1.36. The number of nitrogens with two attached hydrogens (primary N) is 1. The van der Waals surface area contributed by atoms with Gasteiger partial charge in [-0.2, -0.15) is 0 Å². The smallest absolute Gasteiger partial charge is 0.174 e. The molecule has 7 nitrogen and oxygen atoms in total. The molecular weight excluding hydrogens is 360 g/mol. The number of hydrogen-bond donors (Lipinski definition) is 2. The lowest BCUT2D eigenvalue weighted by Crippen LogP contribution is -2.17. The number of rotatable bonds is 2. The Hall–Kier alpha value is -3.41. The van der Waals surface area contributed by atoms with Crippen LogP contribution < -0.4 is 5.73 Å². The van der Waals surface area contributed by atoms with E-state index >= 15 is 0 Å². The average Bonchev–Trinajstić information content (AvgIpc) is 3.23. The fraction of sp³-hybridized carbons (Fsp3) is 0.105. The fourth-order valence-corrected chi connectivity index (χ4v) is 3.11. The number of hydrogen-bond acceptors (Lipinski definition) is 8. The standard InChI is InChI=1S/C19H14N6OS/c1-19(26,18-21-7-8-27-18)6-5-12-3-2-4-13(9-12)17-22-10-14-15(25-17)16(20)24-11-23-14/h2-4,7-11,26H,1H3,(H2,20,23,24)/t19-/m1/s1. The Bertz CT molecular complexity index is 1180. The van der Waals surface area contributed by atoms with Gasteiger partial charge in [0.15, 0.2) is 17.2 Å². The summed E-state index contributed by atoms with van der Waals surface area (Å²) in [5, 5.41) is 12.9. The molecule has 0 spiro atoms. The quantitative estimate of drug-likeness (QED) is 0.518. The van der Waals surface area contributed by atoms with E-state index in [-0.39, 0.29) is 0 Å². The minimum Gasteiger partial charge on any atom is -0.382 e. The summed E-state index contributed by atoms with van der Waals surface area (Å²) in [5.41, 5.74) is 7.16. The predicted octanol–water partition coefficient (Wildman–Crippen LogP) is 2.38. The van der Waals surface area contributed by atoms with Crippen LogP contribution in [0.5, 0.6) is 0 Å². The van der Waals surface area contributed by atoms with Crippen LogP contribution in [0.15, 0.2) is 48.4 Å². The van der Waals surface area contributed by atoms with Crippen LogP contribution >= 0.6 is 11.3 Å². The second-order valence-electron chi connectivity index (χ2n) is 5.93. The lowest BCUT2D eigenvalue weighted by Gasteiger charge is -2.11. The first-order valence-corrected chi connectivity index (χ1v) is 8.90. The molecule has 0 unspecified atom stereocenters. The molecule has 8 heteroatoms. The van der Waals surface area contributed by atoms with Gasteiger partial charge in [0.2, 0.25) is 0 Å². The minimum atomic E-state index is -1.31. The zero-order chi connectivity index (χ0) is 18.9. The molecule has 3 heterocycles. The second kappa shape index (κ2) is 6.72. The largest absolute Gasteiger partial charge is 0.382 e. The molecule has 27 heavy (non-hydrogen) atoms. The summed E-state index contributed by atoms with van der Waals surface area (Å²) in [6.07, 6.45) is 4.63. The van der Waals surface area contributed by atoms with Crippen molar-refractivity contribution >= 4 is 28.2 Å². The molecule has 0 saturated heterocycles. The van der Waals surface area contributed by atoms with Crippen LogP contribution in [0.4, 0.5) is 5.82 Å². The van der Waals surface area contributed by atoms with Gasteiger partial charge < -0.3 is 10.8 Å². The van der Waals surface area contributed by atoms with Crippen molar-refractivity contribution in [1.29, 1.82) is 0 Å². The van der Waals surface area contributed by atoms with Gasteiger partial charge in [0.1, 0.15) is 22.4 Å². The first-order chi connectivity index (χ1) is 13.0. The van der Waals surface area contributed by atoms with E-state index in [4.69, 9.17) is 5.73 Å². The SMILES string of the molecule is C[C@@](O)(C#Cc1cccc(-c2ncc3ncnc(N)c3n2)c1)c1nccs1. The highest BCUT2D eigenvalue weighted by Crippen LogP contribution is 2.23. The van der Waals surface area contributed by atoms with Crippen molar-refractivity contribution < 1.29 is 5.11 Å². The Morgan fingerprint density at radius 1 is 1.19 bits per heavy atom. The van der Waals surface area contributed by atoms with Gasteiger partial charge in [0.25, 0.3) is 0 Å². The van der Waals surface area contributed by atoms with Gasteiger partial charge in [0.05, 0.1) is 6.20 Å². The third-order valence-corrected chi connectivity index (χ3v) is 4.81. The van der Waals surface area contributed by atoms with Crippen LogP contribution in [-0.2, 0) is 5.60 Å². The molecule has 0 aliphatic rings. The Kier molecular flexibility index (Phi) is 4.24. The molecular formula is C19H14N6OS. The number of fused-ring (bicyclic) bond motifs is 1. The molecule has 0 bridgehead atoms. The van der Waals surface area contributed by atoms with E-state index in [0.29, 0.717) is 27.7 Å². The molecule has 3 N–H and O–H groups in total. The van der Waals surface area contributed by atoms with Gasteiger partial charge in [0, 0.05) is 22.7 Å². The number of nitrogens with zero attached hydrogens (tertiary/aromatic N) is 5. The molecule has 0 aliphatic heterocycles. The Morgan fingerprint density at radius 2 is 2.07 bits per heavy atom. The molecule has 0 radical (unpaired) electrons. The summed E-state index contributed by atoms with van der Waals surface area (Å²) in [6.45, 7) is 1.62. The molecule has 0 fully saturated rings. The van der Waals surface area contributed by atoms with Crippen molar-refractivity contribution in [2.24, 2.45) is 0 Å². The van der Waals surface area contributed by atoms with Crippen LogP contribution in [0.3, 0.4) is 0 Å². The molecule has 0 amide bonds. The van der Waals surface area contributed by atoms with Crippen LogP contribution in [0.1, 0.15) is 17.5 Å². The summed E-state index contributed by atoms with van der Waals surface area (Å²) in [4.78, 5) is 21.0. The Morgan fingerprint density at radius 3 is 2.89 bits per heavy atom. The molecule has 0 aliphatic carbocycles. The number of aliphatic hydroxyl groups is 1. The second-order valence-corrected chi connectivity index (χ2v) is 6.82. The van der Waals surface area contributed by atoms with E-state index in [1.54, 1.807) is 24.7 Å². The van der Waals surface area contributed by atoms with Crippen LogP contribution in [0.2, 0.25) is 0 Å². The van der Waals surface area contributed by atoms with Gasteiger partial charge in [-0.05, 0) is 19.1 Å². The van der Waals surface area contributed by atoms with E-state index in [0.717, 1.165) is 11.1 Å². The van der Waals surface area contributed by atoms with Crippen molar-refractivity contribution in [2.75, 3.05) is 5.73 Å². The van der Waals surface area contributed by atoms with Gasteiger partial charge >= 0.3 is 0 Å². The minimum absolute atomic E-state index is 0.305. The lowest BCUT2D eigenvalue weighted by molar-refractivity contribution is 0.122. The molecule has 4 rings (SSSR count). The van der Waals surface area contributed by atoms with Gasteiger partial charge in [-0.1, -0.05) is 24.0 Å². The van der Waals surface area contributed by atoms with Crippen LogP contribution in [0.25, 0.3) is 22.4 Å². The molecule has 1 aromatic carbocycles. The summed E-state index contributed by atoms with van der Waals surface area (Å²) in [7, 11) is 0. The van der Waals surface area contributed by atoms with E-state index in [1.165, 1.54) is 17.7 Å². The van der Waals surface area contributed by atoms with Gasteiger partial charge in [-0.15, -0.1) is 11.3 Å². The first-order valence-electron chi connectivity index (χ1n) is 8.02. The zero-order valence-corrected chi connectivity index (χ0v) is 15.1. The fourth-order valence-electron chi connectivity index (χ4n) is 2.46. The van der Waals surface area contributed by atoms with E-state index in [1.807, 2.05) is 24.3 Å². The zero-order valence-electron chi connectivity index (χ0n) is 14.3. The van der Waals surface area contributed by atoms with Crippen molar-refractivity contribution in [1.82, 2.24) is 24.9 Å². The first kappa shape index (κ1) is 17.0. The number of benzene rings is 1. The number of anilines is 1. The predicted molar refractivity (Wildman–Crippen MR) is 104 cm³/mol. The van der Waals surface area contributed by atoms with Crippen LogP contribution in [-0.4, -0.2) is 30.0 Å². The Labute approximate surface area is 159 Å². The maximum Gasteiger partial charge on any atom is 0.174 e. The molecule has 132 valence electrons. The highest BCUT2D eigenvalue weighted by Gasteiger charge is 2.22. The maximum absolute atomic E-state index is 10.5. The normalized spacial score (nSPS) is 13.0. The highest BCUT2D eigenvalue weighted by molar-refractivity contribution is 7.09. The van der Waals surface area contributed by atoms with Crippen molar-refractivity contribution in [3.63, 3.8) is 0 Å². The molecule has 4 aromatic rings. The highest BCUT2D eigenvalue weighted by atomic mass is 32.1. The average molecular weight is 374 g/mol.